The molecule has 7 nitrogen and oxygen atoms in total. The van der Waals surface area contributed by atoms with Crippen molar-refractivity contribution >= 4 is 22.4 Å². The highest BCUT2D eigenvalue weighted by Crippen LogP contribution is 2.38. The van der Waals surface area contributed by atoms with E-state index >= 15 is 0 Å². The minimum Gasteiger partial charge on any atom is -0.383 e. The zero-order valence-electron chi connectivity index (χ0n) is 21.8. The number of aromatic nitrogens is 5. The van der Waals surface area contributed by atoms with E-state index in [2.05, 4.69) is 88.0 Å². The number of nitrogens with two attached hydrogens (primary N) is 1. The van der Waals surface area contributed by atoms with Crippen molar-refractivity contribution in [3.05, 3.63) is 77.9 Å². The zero-order chi connectivity index (χ0) is 25.4. The third-order valence-electron chi connectivity index (χ3n) is 7.28. The summed E-state index contributed by atoms with van der Waals surface area (Å²) in [6.07, 6.45) is 6.11. The van der Waals surface area contributed by atoms with Crippen molar-refractivity contribution in [1.29, 1.82) is 0 Å². The Bertz CT molecular complexity index is 1510. The van der Waals surface area contributed by atoms with Crippen LogP contribution in [0.4, 0.5) is 5.82 Å². The monoisotopic (exact) mass is 481 g/mol. The van der Waals surface area contributed by atoms with Crippen LogP contribution in [-0.2, 0) is 0 Å². The number of benzene rings is 1. The van der Waals surface area contributed by atoms with Gasteiger partial charge in [0.2, 0.25) is 0 Å². The molecule has 2 unspecified atom stereocenters. The molecule has 0 saturated carbocycles. The molecular weight excluding hydrogens is 446 g/mol. The predicted octanol–water partition coefficient (Wildman–Crippen LogP) is 6.04. The first-order valence-electron chi connectivity index (χ1n) is 12.9. The van der Waals surface area contributed by atoms with Crippen LogP contribution in [0.15, 0.2) is 61.1 Å². The molecule has 5 aromatic rings. The molecule has 2 atom stereocenters. The molecule has 0 amide bonds. The number of hydrogen-bond acceptors (Lipinski definition) is 5. The van der Waals surface area contributed by atoms with Gasteiger partial charge in [-0.25, -0.2) is 14.6 Å². The fourth-order valence-electron chi connectivity index (χ4n) is 5.56. The van der Waals surface area contributed by atoms with Gasteiger partial charge in [-0.05, 0) is 75.7 Å². The molecule has 186 valence electrons. The number of likely N-dealkylation sites (tertiary alicyclic amines) is 1. The van der Waals surface area contributed by atoms with E-state index in [1.54, 1.807) is 0 Å². The smallest absolute Gasteiger partial charge is 0.164 e. The van der Waals surface area contributed by atoms with Gasteiger partial charge in [-0.2, -0.15) is 5.10 Å². The van der Waals surface area contributed by atoms with Gasteiger partial charge in [0.25, 0.3) is 0 Å². The molecule has 4 aromatic heterocycles. The number of anilines is 1. The number of nitrogen functional groups attached to an aromatic ring is 1. The molecule has 1 saturated heterocycles. The lowest BCUT2D eigenvalue weighted by molar-refractivity contribution is 0.317. The molecule has 0 aliphatic carbocycles. The van der Waals surface area contributed by atoms with Crippen LogP contribution < -0.4 is 5.73 Å². The standard InChI is InChI=1S/C27H29N7.C2H6/c1-17-24-26(28)29-16-30-27(24)34(31-17)18(2)22-15-21-10-4-5-13-33(21)25(22)20-9-6-8-19(14-20)23-11-7-12-32(23)3;1-2/h4-6,8-10,13-16,18,23H,7,11-12H2,1-3H3,(H2,28,29,30);1-2H3. The maximum atomic E-state index is 6.17. The van der Waals surface area contributed by atoms with E-state index in [0.717, 1.165) is 28.8 Å². The van der Waals surface area contributed by atoms with Crippen molar-refractivity contribution in [2.24, 2.45) is 0 Å². The molecular formula is C29H35N7. The lowest BCUT2D eigenvalue weighted by Gasteiger charge is -2.21. The molecule has 0 radical (unpaired) electrons. The third-order valence-corrected chi connectivity index (χ3v) is 7.28. The molecule has 1 aliphatic rings. The van der Waals surface area contributed by atoms with Crippen LogP contribution in [0.3, 0.4) is 0 Å². The van der Waals surface area contributed by atoms with Gasteiger partial charge in [0.05, 0.1) is 22.8 Å². The molecule has 2 N–H and O–H groups in total. The van der Waals surface area contributed by atoms with Gasteiger partial charge in [-0.1, -0.05) is 38.1 Å². The summed E-state index contributed by atoms with van der Waals surface area (Å²) in [5.41, 5.74) is 13.9. The maximum absolute atomic E-state index is 6.17. The fraction of sp³-hybridized carbons (Fsp3) is 0.345. The molecule has 1 fully saturated rings. The number of fused-ring (bicyclic) bond motifs is 2. The molecule has 0 spiro atoms. The SMILES string of the molecule is CC.Cc1nn(C(C)c2cc3ccccn3c2-c2cccc(C3CCCN3C)c2)c2ncnc(N)c12. The lowest BCUT2D eigenvalue weighted by Crippen LogP contribution is -2.17. The van der Waals surface area contributed by atoms with Gasteiger partial charge in [0, 0.05) is 23.3 Å². The quantitative estimate of drug-likeness (QED) is 0.339. The van der Waals surface area contributed by atoms with Crippen molar-refractivity contribution in [2.75, 3.05) is 19.3 Å². The molecule has 1 aromatic carbocycles. The average Bonchev–Trinajstić information content (AvgIpc) is 3.60. The normalized spacial score (nSPS) is 16.9. The highest BCUT2D eigenvalue weighted by atomic mass is 15.3. The van der Waals surface area contributed by atoms with E-state index in [0.29, 0.717) is 11.9 Å². The van der Waals surface area contributed by atoms with Crippen LogP contribution in [0.1, 0.15) is 62.5 Å². The summed E-state index contributed by atoms with van der Waals surface area (Å²) in [4.78, 5) is 11.2. The van der Waals surface area contributed by atoms with E-state index in [1.807, 2.05) is 25.5 Å². The van der Waals surface area contributed by atoms with Crippen molar-refractivity contribution < 1.29 is 0 Å². The van der Waals surface area contributed by atoms with E-state index in [9.17, 15) is 0 Å². The van der Waals surface area contributed by atoms with Crippen LogP contribution in [0.25, 0.3) is 27.8 Å². The van der Waals surface area contributed by atoms with Gasteiger partial charge in [0.15, 0.2) is 5.65 Å². The van der Waals surface area contributed by atoms with E-state index < -0.39 is 0 Å². The van der Waals surface area contributed by atoms with E-state index in [-0.39, 0.29) is 6.04 Å². The topological polar surface area (TPSA) is 77.3 Å². The van der Waals surface area contributed by atoms with Crippen molar-refractivity contribution in [3.8, 4) is 11.3 Å². The van der Waals surface area contributed by atoms with Gasteiger partial charge in [0.1, 0.15) is 12.1 Å². The first-order chi connectivity index (χ1) is 17.5. The second-order valence-corrected chi connectivity index (χ2v) is 9.37. The molecule has 36 heavy (non-hydrogen) atoms. The summed E-state index contributed by atoms with van der Waals surface area (Å²) >= 11 is 0. The lowest BCUT2D eigenvalue weighted by atomic mass is 9.97. The largest absolute Gasteiger partial charge is 0.383 e. The fourth-order valence-corrected chi connectivity index (χ4v) is 5.56. The number of rotatable bonds is 4. The van der Waals surface area contributed by atoms with Gasteiger partial charge in [-0.15, -0.1) is 0 Å². The van der Waals surface area contributed by atoms with E-state index in [4.69, 9.17) is 10.8 Å². The first-order valence-corrected chi connectivity index (χ1v) is 12.9. The Kier molecular flexibility index (Phi) is 6.49. The van der Waals surface area contributed by atoms with Gasteiger partial charge in [-0.3, -0.25) is 4.90 Å². The van der Waals surface area contributed by atoms with Crippen molar-refractivity contribution in [3.63, 3.8) is 0 Å². The summed E-state index contributed by atoms with van der Waals surface area (Å²) < 4.78 is 4.26. The van der Waals surface area contributed by atoms with Crippen LogP contribution in [0.2, 0.25) is 0 Å². The molecule has 1 aliphatic heterocycles. The predicted molar refractivity (Wildman–Crippen MR) is 147 cm³/mol. The third kappa shape index (κ3) is 3.93. The van der Waals surface area contributed by atoms with Crippen LogP contribution >= 0.6 is 0 Å². The average molecular weight is 482 g/mol. The molecule has 7 heteroatoms. The Morgan fingerprint density at radius 1 is 1.06 bits per heavy atom. The number of nitrogens with zero attached hydrogens (tertiary/aromatic N) is 6. The summed E-state index contributed by atoms with van der Waals surface area (Å²) in [6.45, 7) is 9.29. The summed E-state index contributed by atoms with van der Waals surface area (Å²) in [7, 11) is 2.23. The van der Waals surface area contributed by atoms with Crippen LogP contribution in [-0.4, -0.2) is 42.6 Å². The molecule has 5 heterocycles. The zero-order valence-corrected chi connectivity index (χ0v) is 21.8. The summed E-state index contributed by atoms with van der Waals surface area (Å²) in [6, 6.07) is 18.1. The summed E-state index contributed by atoms with van der Waals surface area (Å²) in [5.74, 6) is 0.469. The highest BCUT2D eigenvalue weighted by molar-refractivity contribution is 5.88. The summed E-state index contributed by atoms with van der Waals surface area (Å²) in [5, 5.41) is 5.67. The Morgan fingerprint density at radius 3 is 2.67 bits per heavy atom. The molecule has 6 rings (SSSR count). The van der Waals surface area contributed by atoms with Crippen molar-refractivity contribution in [2.45, 2.75) is 52.6 Å². The van der Waals surface area contributed by atoms with E-state index in [1.165, 1.54) is 41.6 Å². The second-order valence-electron chi connectivity index (χ2n) is 9.37. The van der Waals surface area contributed by atoms with Crippen molar-refractivity contribution in [1.82, 2.24) is 29.0 Å². The number of pyridine rings is 1. The maximum Gasteiger partial charge on any atom is 0.164 e. The van der Waals surface area contributed by atoms with Crippen LogP contribution in [0, 0.1) is 6.92 Å². The highest BCUT2D eigenvalue weighted by Gasteiger charge is 2.25. The Balaban J connectivity index is 0.00000130. The minimum atomic E-state index is -0.0433. The number of hydrogen-bond donors (Lipinski definition) is 1. The first kappa shape index (κ1) is 24.0. The number of aryl methyl sites for hydroxylation is 1. The second kappa shape index (κ2) is 9.74. The Hall–Kier alpha value is -3.71. The Labute approximate surface area is 212 Å². The van der Waals surface area contributed by atoms with Crippen LogP contribution in [0.5, 0.6) is 0 Å². The molecule has 0 bridgehead atoms. The Morgan fingerprint density at radius 2 is 1.89 bits per heavy atom. The van der Waals surface area contributed by atoms with Gasteiger partial charge >= 0.3 is 0 Å². The van der Waals surface area contributed by atoms with Gasteiger partial charge < -0.3 is 10.1 Å². The minimum absolute atomic E-state index is 0.0433.